The van der Waals surface area contributed by atoms with Crippen molar-refractivity contribution in [3.05, 3.63) is 65.0 Å². The van der Waals surface area contributed by atoms with Crippen molar-refractivity contribution in [1.82, 2.24) is 4.98 Å². The van der Waals surface area contributed by atoms with E-state index in [0.29, 0.717) is 22.9 Å². The molecule has 0 fully saturated rings. The van der Waals surface area contributed by atoms with E-state index in [-0.39, 0.29) is 0 Å². The molecule has 3 nitrogen and oxygen atoms in total. The Bertz CT molecular complexity index is 675. The van der Waals surface area contributed by atoms with Crippen molar-refractivity contribution in [2.45, 2.75) is 12.5 Å². The first-order chi connectivity index (χ1) is 9.24. The quantitative estimate of drug-likeness (QED) is 0.790. The lowest BCUT2D eigenvalue weighted by molar-refractivity contribution is 0.169. The number of fused-ring (bicyclic) bond motifs is 1. The van der Waals surface area contributed by atoms with Gasteiger partial charge in [0.25, 0.3) is 0 Å². The molecule has 2 aromatic carbocycles. The van der Waals surface area contributed by atoms with Gasteiger partial charge in [-0.2, -0.15) is 0 Å². The van der Waals surface area contributed by atoms with Gasteiger partial charge >= 0.3 is 0 Å². The fourth-order valence-electron chi connectivity index (χ4n) is 2.03. The van der Waals surface area contributed by atoms with E-state index < -0.39 is 6.10 Å². The van der Waals surface area contributed by atoms with Gasteiger partial charge in [-0.1, -0.05) is 41.9 Å². The summed E-state index contributed by atoms with van der Waals surface area (Å²) in [6.45, 7) is 0. The van der Waals surface area contributed by atoms with E-state index in [2.05, 4.69) is 4.98 Å². The van der Waals surface area contributed by atoms with Crippen LogP contribution in [0.2, 0.25) is 5.02 Å². The number of rotatable bonds is 3. The second-order valence-corrected chi connectivity index (χ2v) is 4.72. The molecule has 1 unspecified atom stereocenters. The standard InChI is InChI=1S/C15H12ClNO2/c16-11-6-2-1-5-10(11)13(18)9-15-17-12-7-3-4-8-14(12)19-15/h1-8,13,18H,9H2. The molecule has 96 valence electrons. The van der Waals surface area contributed by atoms with Gasteiger partial charge in [-0.15, -0.1) is 0 Å². The molecule has 1 heterocycles. The zero-order valence-electron chi connectivity index (χ0n) is 10.1. The van der Waals surface area contributed by atoms with E-state index >= 15 is 0 Å². The van der Waals surface area contributed by atoms with E-state index in [4.69, 9.17) is 16.0 Å². The van der Waals surface area contributed by atoms with Gasteiger partial charge < -0.3 is 9.52 Å². The first-order valence-corrected chi connectivity index (χ1v) is 6.39. The molecule has 3 rings (SSSR count). The number of halogens is 1. The van der Waals surface area contributed by atoms with Crippen molar-refractivity contribution in [2.75, 3.05) is 0 Å². The summed E-state index contributed by atoms with van der Waals surface area (Å²) < 4.78 is 5.59. The Morgan fingerprint density at radius 1 is 1.11 bits per heavy atom. The van der Waals surface area contributed by atoms with E-state index in [1.807, 2.05) is 36.4 Å². The number of oxazole rings is 1. The van der Waals surface area contributed by atoms with Crippen LogP contribution in [0.3, 0.4) is 0 Å². The van der Waals surface area contributed by atoms with Crippen LogP contribution in [-0.4, -0.2) is 10.1 Å². The van der Waals surface area contributed by atoms with Crippen LogP contribution < -0.4 is 0 Å². The van der Waals surface area contributed by atoms with Gasteiger partial charge in [-0.05, 0) is 23.8 Å². The molecular weight excluding hydrogens is 262 g/mol. The van der Waals surface area contributed by atoms with Gasteiger partial charge in [-0.3, -0.25) is 0 Å². The number of aliphatic hydroxyl groups is 1. The van der Waals surface area contributed by atoms with Gasteiger partial charge in [0.2, 0.25) is 0 Å². The molecule has 0 aliphatic rings. The molecule has 3 aromatic rings. The number of para-hydroxylation sites is 2. The van der Waals surface area contributed by atoms with Crippen LogP contribution in [0.1, 0.15) is 17.6 Å². The molecule has 0 amide bonds. The molecule has 0 aliphatic carbocycles. The second kappa shape index (κ2) is 5.03. The van der Waals surface area contributed by atoms with E-state index in [1.54, 1.807) is 12.1 Å². The van der Waals surface area contributed by atoms with Crippen molar-refractivity contribution in [3.8, 4) is 0 Å². The molecule has 0 saturated heterocycles. The van der Waals surface area contributed by atoms with Crippen LogP contribution in [0.5, 0.6) is 0 Å². The lowest BCUT2D eigenvalue weighted by Crippen LogP contribution is -2.02. The largest absolute Gasteiger partial charge is 0.441 e. The van der Waals surface area contributed by atoms with Crippen molar-refractivity contribution in [1.29, 1.82) is 0 Å². The Morgan fingerprint density at radius 3 is 2.63 bits per heavy atom. The van der Waals surface area contributed by atoms with Crippen molar-refractivity contribution >= 4 is 22.7 Å². The van der Waals surface area contributed by atoms with Crippen LogP contribution in [0.25, 0.3) is 11.1 Å². The number of aliphatic hydroxyl groups excluding tert-OH is 1. The lowest BCUT2D eigenvalue weighted by atomic mass is 10.1. The summed E-state index contributed by atoms with van der Waals surface area (Å²) in [6.07, 6.45) is -0.417. The highest BCUT2D eigenvalue weighted by Gasteiger charge is 2.15. The molecular formula is C15H12ClNO2. The first kappa shape index (κ1) is 12.2. The van der Waals surface area contributed by atoms with E-state index in [1.165, 1.54) is 0 Å². The summed E-state index contributed by atoms with van der Waals surface area (Å²) in [7, 11) is 0. The monoisotopic (exact) mass is 273 g/mol. The molecule has 0 aliphatic heterocycles. The van der Waals surface area contributed by atoms with Crippen LogP contribution in [0.15, 0.2) is 52.9 Å². The minimum absolute atomic E-state index is 0.304. The summed E-state index contributed by atoms with van der Waals surface area (Å²) in [6, 6.07) is 14.8. The number of hydrogen-bond donors (Lipinski definition) is 1. The predicted octanol–water partition coefficient (Wildman–Crippen LogP) is 3.76. The second-order valence-electron chi connectivity index (χ2n) is 4.32. The molecule has 4 heteroatoms. The van der Waals surface area contributed by atoms with Gasteiger partial charge in [0.15, 0.2) is 11.5 Å². The summed E-state index contributed by atoms with van der Waals surface area (Å²) in [5.74, 6) is 0.508. The van der Waals surface area contributed by atoms with Gasteiger partial charge in [-0.25, -0.2) is 4.98 Å². The summed E-state index contributed by atoms with van der Waals surface area (Å²) in [5, 5.41) is 10.7. The van der Waals surface area contributed by atoms with E-state index in [0.717, 1.165) is 11.1 Å². The molecule has 0 spiro atoms. The van der Waals surface area contributed by atoms with Crippen LogP contribution in [0, 0.1) is 0 Å². The zero-order valence-corrected chi connectivity index (χ0v) is 10.8. The summed E-state index contributed by atoms with van der Waals surface area (Å²) >= 11 is 6.05. The summed E-state index contributed by atoms with van der Waals surface area (Å²) in [4.78, 5) is 4.34. The smallest absolute Gasteiger partial charge is 0.198 e. The maximum Gasteiger partial charge on any atom is 0.198 e. The number of hydrogen-bond acceptors (Lipinski definition) is 3. The minimum atomic E-state index is -0.721. The Kier molecular flexibility index (Phi) is 3.23. The highest BCUT2D eigenvalue weighted by molar-refractivity contribution is 6.31. The maximum atomic E-state index is 10.2. The normalized spacial score (nSPS) is 12.7. The molecule has 19 heavy (non-hydrogen) atoms. The predicted molar refractivity (Wildman–Crippen MR) is 74.1 cm³/mol. The lowest BCUT2D eigenvalue weighted by Gasteiger charge is -2.10. The minimum Gasteiger partial charge on any atom is -0.441 e. The van der Waals surface area contributed by atoms with Gasteiger partial charge in [0.05, 0.1) is 12.5 Å². The molecule has 0 bridgehead atoms. The fourth-order valence-corrected chi connectivity index (χ4v) is 2.29. The van der Waals surface area contributed by atoms with Crippen LogP contribution in [0.4, 0.5) is 0 Å². The number of nitrogens with zero attached hydrogens (tertiary/aromatic N) is 1. The number of benzene rings is 2. The highest BCUT2D eigenvalue weighted by atomic mass is 35.5. The molecule has 1 atom stereocenters. The topological polar surface area (TPSA) is 46.3 Å². The van der Waals surface area contributed by atoms with Crippen molar-refractivity contribution in [2.24, 2.45) is 0 Å². The van der Waals surface area contributed by atoms with Gasteiger partial charge in [0.1, 0.15) is 5.52 Å². The first-order valence-electron chi connectivity index (χ1n) is 6.01. The average Bonchev–Trinajstić information content (AvgIpc) is 2.81. The molecule has 1 aromatic heterocycles. The molecule has 0 radical (unpaired) electrons. The highest BCUT2D eigenvalue weighted by Crippen LogP contribution is 2.26. The Labute approximate surface area is 115 Å². The Balaban J connectivity index is 1.86. The number of aromatic nitrogens is 1. The average molecular weight is 274 g/mol. The third kappa shape index (κ3) is 2.48. The van der Waals surface area contributed by atoms with Crippen molar-refractivity contribution < 1.29 is 9.52 Å². The van der Waals surface area contributed by atoms with Crippen LogP contribution in [-0.2, 0) is 6.42 Å². The Hall–Kier alpha value is -1.84. The third-order valence-electron chi connectivity index (χ3n) is 2.97. The fraction of sp³-hybridized carbons (Fsp3) is 0.133. The Morgan fingerprint density at radius 2 is 1.84 bits per heavy atom. The van der Waals surface area contributed by atoms with E-state index in [9.17, 15) is 5.11 Å². The molecule has 0 saturated carbocycles. The molecule has 1 N–H and O–H groups in total. The van der Waals surface area contributed by atoms with Crippen molar-refractivity contribution in [3.63, 3.8) is 0 Å². The SMILES string of the molecule is OC(Cc1nc2ccccc2o1)c1ccccc1Cl. The third-order valence-corrected chi connectivity index (χ3v) is 3.31. The summed E-state index contributed by atoms with van der Waals surface area (Å²) in [5.41, 5.74) is 2.21. The zero-order chi connectivity index (χ0) is 13.2. The maximum absolute atomic E-state index is 10.2. The van der Waals surface area contributed by atoms with Crippen LogP contribution >= 0.6 is 11.6 Å². The van der Waals surface area contributed by atoms with Gasteiger partial charge in [0, 0.05) is 5.02 Å².